The average molecular weight is 570 g/mol. The summed E-state index contributed by atoms with van der Waals surface area (Å²) in [5.41, 5.74) is 14.0. The summed E-state index contributed by atoms with van der Waals surface area (Å²) in [6.45, 7) is 4.34. The molecule has 7 rings (SSSR count). The zero-order chi connectivity index (χ0) is 29.8. The predicted molar refractivity (Wildman–Crippen MR) is 164 cm³/mol. The molecule has 2 aromatic carbocycles. The van der Waals surface area contributed by atoms with Gasteiger partial charge in [0, 0.05) is 59.5 Å². The molecule has 212 valence electrons. The highest BCUT2D eigenvalue weighted by Gasteiger charge is 2.32. The number of benzene rings is 2. The Morgan fingerprint density at radius 2 is 1.81 bits per heavy atom. The number of carbonyl (C=O) groups excluding carboxylic acids is 2. The molecule has 11 heteroatoms. The van der Waals surface area contributed by atoms with Gasteiger partial charge in [0.25, 0.3) is 11.8 Å². The van der Waals surface area contributed by atoms with Crippen molar-refractivity contribution in [2.45, 2.75) is 20.4 Å². The Morgan fingerprint density at radius 1 is 1.00 bits per heavy atom. The molecule has 0 radical (unpaired) electrons. The van der Waals surface area contributed by atoms with Crippen molar-refractivity contribution in [2.24, 2.45) is 12.8 Å². The van der Waals surface area contributed by atoms with Crippen LogP contribution in [0.1, 0.15) is 37.7 Å². The molecule has 5 heterocycles. The van der Waals surface area contributed by atoms with E-state index in [0.717, 1.165) is 55.8 Å². The monoisotopic (exact) mass is 569 g/mol. The molecule has 0 bridgehead atoms. The quantitative estimate of drug-likeness (QED) is 0.255. The van der Waals surface area contributed by atoms with Crippen LogP contribution in [-0.4, -0.2) is 41.5 Å². The van der Waals surface area contributed by atoms with E-state index in [2.05, 4.69) is 25.4 Å². The molecule has 0 saturated carbocycles. The van der Waals surface area contributed by atoms with E-state index < -0.39 is 5.91 Å². The number of nitrogens with one attached hydrogen (secondary N) is 2. The van der Waals surface area contributed by atoms with Crippen molar-refractivity contribution in [2.75, 3.05) is 10.2 Å². The zero-order valence-corrected chi connectivity index (χ0v) is 23.7. The third-order valence-corrected chi connectivity index (χ3v) is 7.86. The number of nitrogens with zero attached hydrogens (tertiary/aromatic N) is 6. The highest BCUT2D eigenvalue weighted by Crippen LogP contribution is 2.40. The van der Waals surface area contributed by atoms with Crippen molar-refractivity contribution in [3.63, 3.8) is 0 Å². The fourth-order valence-electron chi connectivity index (χ4n) is 5.57. The van der Waals surface area contributed by atoms with Gasteiger partial charge in [0.1, 0.15) is 5.69 Å². The first kappa shape index (κ1) is 26.1. The first-order chi connectivity index (χ1) is 20.8. The summed E-state index contributed by atoms with van der Waals surface area (Å²) in [6.07, 6.45) is 5.32. The summed E-state index contributed by atoms with van der Waals surface area (Å²) in [5, 5.41) is 8.58. The summed E-state index contributed by atoms with van der Waals surface area (Å²) in [5.74, 6) is 0.442. The average Bonchev–Trinajstić information content (AvgIpc) is 3.68. The van der Waals surface area contributed by atoms with E-state index in [1.165, 1.54) is 0 Å². The lowest BCUT2D eigenvalue weighted by Crippen LogP contribution is -2.23. The number of pyridine rings is 1. The molecule has 1 aliphatic rings. The van der Waals surface area contributed by atoms with E-state index in [0.29, 0.717) is 23.9 Å². The van der Waals surface area contributed by atoms with Crippen LogP contribution < -0.4 is 16.0 Å². The summed E-state index contributed by atoms with van der Waals surface area (Å²) in [7, 11) is 1.88. The Balaban J connectivity index is 1.24. The second-order valence-corrected chi connectivity index (χ2v) is 10.6. The Morgan fingerprint density at radius 3 is 2.56 bits per heavy atom. The standard InChI is InChI=1S/C32H27N9O2/c1-17-13-36-32(37-27-12-18(2)40(3)39-27)38-28(17)23-15-35-29-21(23)7-5-9-26(29)41-16-24-20(6-4-8-22(24)31(41)43)19-10-11-25(30(33)42)34-14-19/h4-15,35H,16H2,1-3H3,(H2,33,42)(H,36,37,38,39). The van der Waals surface area contributed by atoms with Crippen LogP contribution in [0.2, 0.25) is 0 Å². The molecule has 11 nitrogen and oxygen atoms in total. The third-order valence-electron chi connectivity index (χ3n) is 7.86. The van der Waals surface area contributed by atoms with Gasteiger partial charge in [-0.05, 0) is 48.7 Å². The van der Waals surface area contributed by atoms with Crippen molar-refractivity contribution >= 4 is 40.2 Å². The largest absolute Gasteiger partial charge is 0.364 e. The van der Waals surface area contributed by atoms with Gasteiger partial charge in [-0.25, -0.2) is 9.97 Å². The maximum atomic E-state index is 13.7. The lowest BCUT2D eigenvalue weighted by molar-refractivity contribution is 0.0988. The number of rotatable bonds is 6. The van der Waals surface area contributed by atoms with Gasteiger partial charge in [0.05, 0.1) is 23.4 Å². The Kier molecular flexibility index (Phi) is 6.01. The molecular formula is C32H27N9O2. The molecule has 4 aromatic heterocycles. The lowest BCUT2D eigenvalue weighted by Gasteiger charge is -2.17. The lowest BCUT2D eigenvalue weighted by atomic mass is 9.98. The van der Waals surface area contributed by atoms with E-state index in [-0.39, 0.29) is 11.6 Å². The fourth-order valence-corrected chi connectivity index (χ4v) is 5.57. The van der Waals surface area contributed by atoms with E-state index in [9.17, 15) is 9.59 Å². The number of hydrogen-bond acceptors (Lipinski definition) is 7. The molecule has 0 atom stereocenters. The number of nitrogens with two attached hydrogens (primary N) is 1. The number of aromatic nitrogens is 6. The maximum absolute atomic E-state index is 13.7. The Hall–Kier alpha value is -5.84. The van der Waals surface area contributed by atoms with Crippen LogP contribution in [0, 0.1) is 13.8 Å². The normalized spacial score (nSPS) is 12.6. The minimum Gasteiger partial charge on any atom is -0.364 e. The second-order valence-electron chi connectivity index (χ2n) is 10.6. The van der Waals surface area contributed by atoms with Crippen LogP contribution in [0.5, 0.6) is 0 Å². The number of aryl methyl sites for hydroxylation is 3. The molecule has 0 fully saturated rings. The molecule has 6 aromatic rings. The fraction of sp³-hybridized carbons (Fsp3) is 0.125. The van der Waals surface area contributed by atoms with Crippen molar-refractivity contribution in [3.05, 3.63) is 101 Å². The predicted octanol–water partition coefficient (Wildman–Crippen LogP) is 5.04. The molecule has 1 aliphatic heterocycles. The molecule has 43 heavy (non-hydrogen) atoms. The minimum atomic E-state index is -0.586. The van der Waals surface area contributed by atoms with Gasteiger partial charge in [-0.2, -0.15) is 5.10 Å². The second kappa shape index (κ2) is 9.91. The number of hydrogen-bond donors (Lipinski definition) is 3. The van der Waals surface area contributed by atoms with Gasteiger partial charge < -0.3 is 20.9 Å². The van der Waals surface area contributed by atoms with Crippen LogP contribution in [0.15, 0.2) is 73.2 Å². The van der Waals surface area contributed by atoms with Crippen LogP contribution in [0.25, 0.3) is 33.3 Å². The van der Waals surface area contributed by atoms with E-state index in [4.69, 9.17) is 10.7 Å². The number of H-pyrrole nitrogens is 1. The van der Waals surface area contributed by atoms with E-state index in [1.54, 1.807) is 34.1 Å². The van der Waals surface area contributed by atoms with E-state index in [1.807, 2.05) is 69.6 Å². The van der Waals surface area contributed by atoms with Gasteiger partial charge in [-0.3, -0.25) is 19.3 Å². The highest BCUT2D eigenvalue weighted by molar-refractivity contribution is 6.15. The first-order valence-electron chi connectivity index (χ1n) is 13.7. The van der Waals surface area contributed by atoms with Crippen LogP contribution in [0.3, 0.4) is 0 Å². The zero-order valence-electron chi connectivity index (χ0n) is 23.7. The molecule has 0 spiro atoms. The minimum absolute atomic E-state index is 0.0856. The number of aromatic amines is 1. The molecule has 0 unspecified atom stereocenters. The van der Waals surface area contributed by atoms with Gasteiger partial charge in [-0.15, -0.1) is 0 Å². The van der Waals surface area contributed by atoms with Crippen LogP contribution in [-0.2, 0) is 13.6 Å². The maximum Gasteiger partial charge on any atom is 0.267 e. The Labute approximate surface area is 246 Å². The van der Waals surface area contributed by atoms with Crippen LogP contribution in [0.4, 0.5) is 17.5 Å². The third kappa shape index (κ3) is 4.38. The summed E-state index contributed by atoms with van der Waals surface area (Å²) in [6, 6.07) is 16.9. The molecular weight excluding hydrogens is 542 g/mol. The van der Waals surface area contributed by atoms with Gasteiger partial charge in [0.2, 0.25) is 5.95 Å². The smallest absolute Gasteiger partial charge is 0.267 e. The Bertz CT molecular complexity index is 2060. The highest BCUT2D eigenvalue weighted by atomic mass is 16.2. The summed E-state index contributed by atoms with van der Waals surface area (Å²) >= 11 is 0. The molecule has 4 N–H and O–H groups in total. The van der Waals surface area contributed by atoms with Crippen LogP contribution >= 0.6 is 0 Å². The number of anilines is 3. The van der Waals surface area contributed by atoms with Crippen molar-refractivity contribution in [3.8, 4) is 22.4 Å². The molecule has 0 aliphatic carbocycles. The number of fused-ring (bicyclic) bond motifs is 2. The number of amides is 2. The van der Waals surface area contributed by atoms with Crippen molar-refractivity contribution < 1.29 is 9.59 Å². The summed E-state index contributed by atoms with van der Waals surface area (Å²) in [4.78, 5) is 43.9. The van der Waals surface area contributed by atoms with Crippen molar-refractivity contribution in [1.82, 2.24) is 29.7 Å². The van der Waals surface area contributed by atoms with E-state index >= 15 is 0 Å². The first-order valence-corrected chi connectivity index (χ1v) is 13.7. The molecule has 0 saturated heterocycles. The molecule has 2 amide bonds. The van der Waals surface area contributed by atoms with Gasteiger partial charge >= 0.3 is 0 Å². The number of carbonyl (C=O) groups is 2. The topological polar surface area (TPSA) is 148 Å². The number of para-hydroxylation sites is 1. The summed E-state index contributed by atoms with van der Waals surface area (Å²) < 4.78 is 1.79. The van der Waals surface area contributed by atoms with Gasteiger partial charge in [0.15, 0.2) is 5.82 Å². The van der Waals surface area contributed by atoms with Gasteiger partial charge in [-0.1, -0.05) is 30.3 Å². The van der Waals surface area contributed by atoms with Crippen molar-refractivity contribution in [1.29, 1.82) is 0 Å². The SMILES string of the molecule is Cc1cnc(Nc2cc(C)n(C)n2)nc1-c1c[nH]c2c(N3Cc4c(cccc4-c4ccc(C(N)=O)nc4)C3=O)cccc12. The number of primary amides is 1.